The third-order valence-corrected chi connectivity index (χ3v) is 5.47. The van der Waals surface area contributed by atoms with Crippen LogP contribution in [-0.2, 0) is 24.1 Å². The summed E-state index contributed by atoms with van der Waals surface area (Å²) < 4.78 is 5.34. The third kappa shape index (κ3) is 3.11. The van der Waals surface area contributed by atoms with Crippen LogP contribution in [0.25, 0.3) is 0 Å². The first-order chi connectivity index (χ1) is 12.7. The summed E-state index contributed by atoms with van der Waals surface area (Å²) in [6.07, 6.45) is 3.68. The minimum absolute atomic E-state index is 0.110. The number of amides is 1. The van der Waals surface area contributed by atoms with Crippen LogP contribution in [0.4, 0.5) is 5.82 Å². The molecule has 1 aliphatic carbocycles. The molecule has 136 valence electrons. The Morgan fingerprint density at radius 2 is 2.08 bits per heavy atom. The first-order valence-corrected chi connectivity index (χ1v) is 9.13. The molecule has 2 aromatic rings. The molecule has 2 aliphatic rings. The van der Waals surface area contributed by atoms with Gasteiger partial charge in [0.05, 0.1) is 25.3 Å². The van der Waals surface area contributed by atoms with Crippen LogP contribution < -0.4 is 9.64 Å². The largest absolute Gasteiger partial charge is 0.496 e. The van der Waals surface area contributed by atoms with Crippen molar-refractivity contribution in [2.24, 2.45) is 0 Å². The number of nitrogens with zero attached hydrogens (tertiary/aromatic N) is 4. The first-order valence-electron chi connectivity index (χ1n) is 9.13. The van der Waals surface area contributed by atoms with E-state index in [1.165, 1.54) is 12.0 Å². The second kappa shape index (κ2) is 6.94. The van der Waals surface area contributed by atoms with E-state index in [1.54, 1.807) is 7.11 Å². The number of carbonyl (C=O) groups excluding carboxylic acids is 1. The summed E-state index contributed by atoms with van der Waals surface area (Å²) in [5, 5.41) is 8.71. The van der Waals surface area contributed by atoms with E-state index in [0.29, 0.717) is 6.42 Å². The Balaban J connectivity index is 1.35. The van der Waals surface area contributed by atoms with E-state index in [9.17, 15) is 4.79 Å². The number of fused-ring (bicyclic) bond motifs is 1. The molecular weight excluding hydrogens is 328 g/mol. The van der Waals surface area contributed by atoms with E-state index in [-0.39, 0.29) is 11.9 Å². The van der Waals surface area contributed by atoms with E-state index in [4.69, 9.17) is 4.74 Å². The molecule has 0 unspecified atom stereocenters. The molecule has 0 N–H and O–H groups in total. The summed E-state index contributed by atoms with van der Waals surface area (Å²) in [5.74, 6) is 1.81. The smallest absolute Gasteiger partial charge is 0.227 e. The van der Waals surface area contributed by atoms with Crippen LogP contribution in [0.5, 0.6) is 5.75 Å². The molecule has 4 rings (SSSR count). The maximum atomic E-state index is 12.6. The molecule has 0 bridgehead atoms. The molecule has 26 heavy (non-hydrogen) atoms. The number of anilines is 1. The Bertz CT molecular complexity index is 817. The number of hydrogen-bond donors (Lipinski definition) is 0. The summed E-state index contributed by atoms with van der Waals surface area (Å²) in [6, 6.07) is 10.1. The van der Waals surface area contributed by atoms with Gasteiger partial charge in [-0.05, 0) is 37.0 Å². The fourth-order valence-corrected chi connectivity index (χ4v) is 3.70. The van der Waals surface area contributed by atoms with Gasteiger partial charge in [-0.2, -0.15) is 5.10 Å². The number of aromatic nitrogens is 2. The van der Waals surface area contributed by atoms with Gasteiger partial charge < -0.3 is 14.5 Å². The van der Waals surface area contributed by atoms with Crippen molar-refractivity contribution in [1.82, 2.24) is 15.1 Å². The summed E-state index contributed by atoms with van der Waals surface area (Å²) in [6.45, 7) is 1.61. The Kier molecular flexibility index (Phi) is 4.49. The fourth-order valence-electron chi connectivity index (χ4n) is 3.70. The highest BCUT2D eigenvalue weighted by molar-refractivity contribution is 5.80. The van der Waals surface area contributed by atoms with Crippen molar-refractivity contribution in [3.63, 3.8) is 0 Å². The number of likely N-dealkylation sites (N-methyl/N-ethyl adjacent to an activating group) is 1. The molecule has 1 aromatic carbocycles. The Hall–Kier alpha value is -2.63. The van der Waals surface area contributed by atoms with Crippen LogP contribution >= 0.6 is 0 Å². The first kappa shape index (κ1) is 16.8. The van der Waals surface area contributed by atoms with Crippen molar-refractivity contribution < 1.29 is 9.53 Å². The van der Waals surface area contributed by atoms with Gasteiger partial charge in [0, 0.05) is 25.7 Å². The number of para-hydroxylation sites is 1. The van der Waals surface area contributed by atoms with Gasteiger partial charge in [-0.25, -0.2) is 0 Å². The van der Waals surface area contributed by atoms with Crippen LogP contribution in [0.15, 0.2) is 30.3 Å². The molecule has 0 radical (unpaired) electrons. The van der Waals surface area contributed by atoms with Crippen molar-refractivity contribution in [1.29, 1.82) is 0 Å². The van der Waals surface area contributed by atoms with Crippen LogP contribution in [0.1, 0.15) is 23.2 Å². The second-order valence-corrected chi connectivity index (χ2v) is 7.08. The molecule has 1 fully saturated rings. The summed E-state index contributed by atoms with van der Waals surface area (Å²) >= 11 is 0. The summed E-state index contributed by atoms with van der Waals surface area (Å²) in [4.78, 5) is 16.7. The lowest BCUT2D eigenvalue weighted by atomic mass is 10.0. The monoisotopic (exact) mass is 352 g/mol. The highest BCUT2D eigenvalue weighted by Gasteiger charge is 2.34. The van der Waals surface area contributed by atoms with Gasteiger partial charge in [0.2, 0.25) is 5.91 Å². The zero-order valence-corrected chi connectivity index (χ0v) is 15.3. The number of aryl methyl sites for hydroxylation is 2. The molecule has 0 atom stereocenters. The van der Waals surface area contributed by atoms with Gasteiger partial charge in [-0.15, -0.1) is 5.10 Å². The van der Waals surface area contributed by atoms with Crippen LogP contribution in [-0.4, -0.2) is 54.3 Å². The highest BCUT2D eigenvalue weighted by atomic mass is 16.5. The van der Waals surface area contributed by atoms with Gasteiger partial charge >= 0.3 is 0 Å². The SMILES string of the molecule is COc1ccccc1CC(=O)N(C)C1CN(c2cc3c(nn2)CCC3)C1. The normalized spacial score (nSPS) is 16.2. The van der Waals surface area contributed by atoms with Gasteiger partial charge in [0.25, 0.3) is 0 Å². The van der Waals surface area contributed by atoms with E-state index >= 15 is 0 Å². The quantitative estimate of drug-likeness (QED) is 0.822. The van der Waals surface area contributed by atoms with E-state index in [0.717, 1.165) is 48.8 Å². The predicted octanol–water partition coefficient (Wildman–Crippen LogP) is 1.86. The zero-order chi connectivity index (χ0) is 18.1. The van der Waals surface area contributed by atoms with Crippen molar-refractivity contribution in [3.05, 3.63) is 47.2 Å². The average molecular weight is 352 g/mol. The molecule has 6 nitrogen and oxygen atoms in total. The van der Waals surface area contributed by atoms with Crippen molar-refractivity contribution in [2.75, 3.05) is 32.1 Å². The molecule has 0 saturated carbocycles. The molecule has 1 aliphatic heterocycles. The maximum absolute atomic E-state index is 12.6. The van der Waals surface area contributed by atoms with Crippen LogP contribution in [0.3, 0.4) is 0 Å². The molecular formula is C20H24N4O2. The number of benzene rings is 1. The van der Waals surface area contributed by atoms with Crippen molar-refractivity contribution in [2.45, 2.75) is 31.7 Å². The van der Waals surface area contributed by atoms with E-state index in [2.05, 4.69) is 21.2 Å². The highest BCUT2D eigenvalue weighted by Crippen LogP contribution is 2.27. The van der Waals surface area contributed by atoms with Gasteiger partial charge in [-0.1, -0.05) is 18.2 Å². The lowest BCUT2D eigenvalue weighted by molar-refractivity contribution is -0.131. The summed E-state index contributed by atoms with van der Waals surface area (Å²) in [7, 11) is 3.52. The molecule has 1 amide bonds. The molecule has 2 heterocycles. The summed E-state index contributed by atoms with van der Waals surface area (Å²) in [5.41, 5.74) is 3.40. The predicted molar refractivity (Wildman–Crippen MR) is 99.5 cm³/mol. The number of hydrogen-bond acceptors (Lipinski definition) is 5. The average Bonchev–Trinajstić information content (AvgIpc) is 3.08. The zero-order valence-electron chi connectivity index (χ0n) is 15.3. The van der Waals surface area contributed by atoms with Crippen LogP contribution in [0, 0.1) is 0 Å². The van der Waals surface area contributed by atoms with E-state index in [1.807, 2.05) is 36.2 Å². The molecule has 6 heteroatoms. The molecule has 0 spiro atoms. The van der Waals surface area contributed by atoms with Gasteiger partial charge in [0.1, 0.15) is 5.75 Å². The van der Waals surface area contributed by atoms with Crippen molar-refractivity contribution in [3.8, 4) is 5.75 Å². The lowest BCUT2D eigenvalue weighted by Gasteiger charge is -2.44. The molecule has 1 saturated heterocycles. The number of rotatable bonds is 5. The van der Waals surface area contributed by atoms with Gasteiger partial charge in [0.15, 0.2) is 5.82 Å². The number of carbonyl (C=O) groups is 1. The standard InChI is InChI=1S/C20H24N4O2/c1-23(20(25)11-15-6-3-4-9-18(15)26-2)16-12-24(13-16)19-10-14-7-5-8-17(14)21-22-19/h3-4,6,9-10,16H,5,7-8,11-13H2,1-2H3. The fraction of sp³-hybridized carbons (Fsp3) is 0.450. The third-order valence-electron chi connectivity index (χ3n) is 5.47. The number of methoxy groups -OCH3 is 1. The second-order valence-electron chi connectivity index (χ2n) is 7.08. The Morgan fingerprint density at radius 1 is 1.27 bits per heavy atom. The Morgan fingerprint density at radius 3 is 2.88 bits per heavy atom. The minimum atomic E-state index is 0.110. The maximum Gasteiger partial charge on any atom is 0.227 e. The number of ether oxygens (including phenoxy) is 1. The Labute approximate surface area is 153 Å². The topological polar surface area (TPSA) is 58.6 Å². The van der Waals surface area contributed by atoms with Crippen molar-refractivity contribution >= 4 is 11.7 Å². The van der Waals surface area contributed by atoms with Crippen LogP contribution in [0.2, 0.25) is 0 Å². The lowest BCUT2D eigenvalue weighted by Crippen LogP contribution is -2.60. The van der Waals surface area contributed by atoms with E-state index < -0.39 is 0 Å². The minimum Gasteiger partial charge on any atom is -0.496 e. The molecule has 1 aromatic heterocycles. The van der Waals surface area contributed by atoms with Gasteiger partial charge in [-0.3, -0.25) is 4.79 Å².